The van der Waals surface area contributed by atoms with Gasteiger partial charge in [-0.1, -0.05) is 80.1 Å². The normalized spacial score (nSPS) is 15.7. The second kappa shape index (κ2) is 11.9. The maximum absolute atomic E-state index is 13.4. The Morgan fingerprint density at radius 2 is 1.61 bits per heavy atom. The van der Waals surface area contributed by atoms with Gasteiger partial charge >= 0.3 is 0 Å². The van der Waals surface area contributed by atoms with E-state index in [2.05, 4.69) is 79.8 Å². The fraction of sp³-hybridized carbons (Fsp3) is 0.226. The van der Waals surface area contributed by atoms with Crippen molar-refractivity contribution in [3.63, 3.8) is 0 Å². The molecule has 186 valence electrons. The molecule has 0 saturated carbocycles. The van der Waals surface area contributed by atoms with E-state index < -0.39 is 0 Å². The summed E-state index contributed by atoms with van der Waals surface area (Å²) in [6.07, 6.45) is 3.77. The molecule has 5 heteroatoms. The van der Waals surface area contributed by atoms with Crippen molar-refractivity contribution in [2.75, 3.05) is 11.4 Å². The van der Waals surface area contributed by atoms with Gasteiger partial charge in [0.15, 0.2) is 5.11 Å². The summed E-state index contributed by atoms with van der Waals surface area (Å²) < 4.78 is 0. The molecule has 1 saturated heterocycles. The molecule has 0 unspecified atom stereocenters. The summed E-state index contributed by atoms with van der Waals surface area (Å²) in [5.74, 6) is -0.0537. The van der Waals surface area contributed by atoms with E-state index in [1.54, 1.807) is 4.90 Å². The minimum Gasteiger partial charge on any atom is -0.412 e. The number of hydrogen-bond acceptors (Lipinski definition) is 2. The van der Waals surface area contributed by atoms with Gasteiger partial charge in [0, 0.05) is 12.1 Å². The smallest absolute Gasteiger partial charge is 0.262 e. The number of hydrogen-bond donors (Lipinski definition) is 1. The number of carbonyl (C=O) groups excluding carboxylic acids is 1. The highest BCUT2D eigenvalue weighted by Gasteiger charge is 2.29. The van der Waals surface area contributed by atoms with Crippen LogP contribution in [0.5, 0.6) is 0 Å². The molecule has 0 bridgehead atoms. The van der Waals surface area contributed by atoms with Crippen LogP contribution in [0.25, 0.3) is 5.57 Å². The summed E-state index contributed by atoms with van der Waals surface area (Å²) in [6, 6.07) is 25.0. The molecule has 4 nitrogen and oxygen atoms in total. The number of amides is 1. The number of rotatable bonds is 4. The standard InChI is InChI=1S/C29H26N2OS.C2H6.H2O/c1-19-8-11-23-16-24(20(2)27(23)14-19)17-25-18-30-29(33)31(28(25)32)26-12-9-22(10-13-26)15-21-6-4-3-5-7-21;1-2;/h3-14,17H,15-16,18H2,1-2H3,(H,30,33);1-2H3;1H2/b25-17+;;. The van der Waals surface area contributed by atoms with Crippen molar-refractivity contribution < 1.29 is 10.3 Å². The molecule has 3 N–H and O–H groups in total. The summed E-state index contributed by atoms with van der Waals surface area (Å²) in [5.41, 5.74) is 10.3. The van der Waals surface area contributed by atoms with Crippen molar-refractivity contribution >= 4 is 34.5 Å². The minimum atomic E-state index is -0.0537. The molecular formula is C31H34N2O2S. The van der Waals surface area contributed by atoms with Gasteiger partial charge in [-0.2, -0.15) is 0 Å². The molecule has 0 spiro atoms. The first-order valence-electron chi connectivity index (χ1n) is 12.2. The van der Waals surface area contributed by atoms with E-state index in [-0.39, 0.29) is 11.4 Å². The van der Waals surface area contributed by atoms with Crippen LogP contribution in [0.15, 0.2) is 90.0 Å². The number of anilines is 1. The van der Waals surface area contributed by atoms with Crippen LogP contribution in [0.1, 0.15) is 48.6 Å². The lowest BCUT2D eigenvalue weighted by atomic mass is 10.0. The molecule has 1 fully saturated rings. The first-order valence-corrected chi connectivity index (χ1v) is 12.7. The highest BCUT2D eigenvalue weighted by atomic mass is 32.1. The number of aryl methyl sites for hydroxylation is 1. The van der Waals surface area contributed by atoms with E-state index in [1.165, 1.54) is 39.0 Å². The number of nitrogens with zero attached hydrogens (tertiary/aromatic N) is 1. The molecule has 3 aromatic carbocycles. The highest BCUT2D eigenvalue weighted by Crippen LogP contribution is 2.34. The van der Waals surface area contributed by atoms with Gasteiger partial charge in [-0.25, -0.2) is 0 Å². The van der Waals surface area contributed by atoms with E-state index in [0.29, 0.717) is 11.7 Å². The Balaban J connectivity index is 0.00000117. The fourth-order valence-corrected chi connectivity index (χ4v) is 4.84. The van der Waals surface area contributed by atoms with Crippen molar-refractivity contribution in [3.8, 4) is 0 Å². The molecule has 36 heavy (non-hydrogen) atoms. The lowest BCUT2D eigenvalue weighted by Crippen LogP contribution is -2.51. The van der Waals surface area contributed by atoms with Crippen molar-refractivity contribution in [3.05, 3.63) is 118 Å². The number of thiocarbonyl (C=S) groups is 1. The fourth-order valence-electron chi connectivity index (χ4n) is 4.58. The van der Waals surface area contributed by atoms with Crippen molar-refractivity contribution in [1.29, 1.82) is 0 Å². The predicted octanol–water partition coefficient (Wildman–Crippen LogP) is 5.96. The average Bonchev–Trinajstić information content (AvgIpc) is 3.18. The second-order valence-corrected chi connectivity index (χ2v) is 9.17. The Morgan fingerprint density at radius 1 is 0.944 bits per heavy atom. The Bertz CT molecular complexity index is 1310. The Kier molecular flexibility index (Phi) is 8.97. The van der Waals surface area contributed by atoms with Crippen molar-refractivity contribution in [2.45, 2.75) is 40.5 Å². The maximum Gasteiger partial charge on any atom is 0.262 e. The predicted molar refractivity (Wildman–Crippen MR) is 154 cm³/mol. The molecule has 1 aliphatic heterocycles. The first-order chi connectivity index (χ1) is 17.0. The SMILES string of the molecule is CC.CC1=C(/C=C2\CNC(=S)N(c3ccc(Cc4ccccc4)cc3)C2=O)Cc2ccc(C)cc21.O. The summed E-state index contributed by atoms with van der Waals surface area (Å²) in [7, 11) is 0. The van der Waals surface area contributed by atoms with Crippen LogP contribution in [0.2, 0.25) is 0 Å². The first kappa shape index (κ1) is 27.1. The Hall–Kier alpha value is -3.54. The van der Waals surface area contributed by atoms with Gasteiger partial charge in [0.05, 0.1) is 5.69 Å². The average molecular weight is 499 g/mol. The Morgan fingerprint density at radius 3 is 2.31 bits per heavy atom. The Labute approximate surface area is 219 Å². The quantitative estimate of drug-likeness (QED) is 0.356. The van der Waals surface area contributed by atoms with Gasteiger partial charge in [0.1, 0.15) is 0 Å². The minimum absolute atomic E-state index is 0. The number of benzene rings is 3. The molecule has 0 atom stereocenters. The molecule has 0 aromatic heterocycles. The molecule has 1 aliphatic carbocycles. The molecule has 3 aromatic rings. The lowest BCUT2D eigenvalue weighted by molar-refractivity contribution is -0.114. The van der Waals surface area contributed by atoms with Gasteiger partial charge in [0.2, 0.25) is 0 Å². The molecule has 1 heterocycles. The molecule has 5 rings (SSSR count). The van der Waals surface area contributed by atoms with Crippen LogP contribution in [-0.4, -0.2) is 23.0 Å². The monoisotopic (exact) mass is 498 g/mol. The van der Waals surface area contributed by atoms with E-state index in [1.807, 2.05) is 32.0 Å². The van der Waals surface area contributed by atoms with Crippen LogP contribution in [-0.2, 0) is 17.6 Å². The zero-order chi connectivity index (χ0) is 24.9. The highest BCUT2D eigenvalue weighted by molar-refractivity contribution is 7.80. The van der Waals surface area contributed by atoms with E-state index in [4.69, 9.17) is 12.2 Å². The van der Waals surface area contributed by atoms with Gasteiger partial charge in [-0.05, 0) is 90.5 Å². The second-order valence-electron chi connectivity index (χ2n) is 8.79. The topological polar surface area (TPSA) is 63.8 Å². The van der Waals surface area contributed by atoms with Gasteiger partial charge in [0.25, 0.3) is 5.91 Å². The molecule has 1 amide bonds. The summed E-state index contributed by atoms with van der Waals surface area (Å²) in [5, 5.41) is 3.68. The summed E-state index contributed by atoms with van der Waals surface area (Å²) in [6.45, 7) is 8.71. The molecule has 0 radical (unpaired) electrons. The van der Waals surface area contributed by atoms with E-state index in [9.17, 15) is 4.79 Å². The van der Waals surface area contributed by atoms with Crippen LogP contribution in [0.3, 0.4) is 0 Å². The molecule has 2 aliphatic rings. The number of allylic oxidation sites excluding steroid dienone is 3. The largest absolute Gasteiger partial charge is 0.412 e. The third-order valence-corrected chi connectivity index (χ3v) is 6.76. The van der Waals surface area contributed by atoms with Gasteiger partial charge in [-0.15, -0.1) is 0 Å². The number of nitrogens with one attached hydrogen (secondary N) is 1. The van der Waals surface area contributed by atoms with E-state index >= 15 is 0 Å². The maximum atomic E-state index is 13.4. The van der Waals surface area contributed by atoms with Crippen molar-refractivity contribution in [2.24, 2.45) is 0 Å². The van der Waals surface area contributed by atoms with Crippen molar-refractivity contribution in [1.82, 2.24) is 5.32 Å². The summed E-state index contributed by atoms with van der Waals surface area (Å²) >= 11 is 5.51. The third kappa shape index (κ3) is 5.64. The van der Waals surface area contributed by atoms with Crippen LogP contribution < -0.4 is 10.2 Å². The van der Waals surface area contributed by atoms with Crippen LogP contribution >= 0.6 is 12.2 Å². The van der Waals surface area contributed by atoms with E-state index in [0.717, 1.165) is 24.1 Å². The summed E-state index contributed by atoms with van der Waals surface area (Å²) in [4.78, 5) is 15.1. The third-order valence-electron chi connectivity index (χ3n) is 6.44. The number of fused-ring (bicyclic) bond motifs is 1. The van der Waals surface area contributed by atoms with Crippen LogP contribution in [0.4, 0.5) is 5.69 Å². The molecular weight excluding hydrogens is 464 g/mol. The zero-order valence-corrected chi connectivity index (χ0v) is 22.2. The van der Waals surface area contributed by atoms with Crippen LogP contribution in [0, 0.1) is 6.92 Å². The number of carbonyl (C=O) groups is 1. The van der Waals surface area contributed by atoms with Gasteiger partial charge in [-0.3, -0.25) is 9.69 Å². The van der Waals surface area contributed by atoms with Gasteiger partial charge < -0.3 is 10.8 Å². The zero-order valence-electron chi connectivity index (χ0n) is 21.4. The lowest BCUT2D eigenvalue weighted by Gasteiger charge is -2.30.